The molecule has 3 aliphatic carbocycles. The lowest BCUT2D eigenvalue weighted by Crippen LogP contribution is -2.39. The zero-order valence-corrected chi connectivity index (χ0v) is 19.6. The van der Waals surface area contributed by atoms with Crippen LogP contribution in [-0.2, 0) is 12.0 Å². The summed E-state index contributed by atoms with van der Waals surface area (Å²) in [5.41, 5.74) is 4.45. The van der Waals surface area contributed by atoms with E-state index < -0.39 is 0 Å². The van der Waals surface area contributed by atoms with Crippen LogP contribution in [0.5, 0.6) is 5.75 Å². The Bertz CT molecular complexity index is 1140. The molecule has 1 heterocycles. The normalized spacial score (nSPS) is 25.6. The number of nitrogens with one attached hydrogen (secondary N) is 1. The van der Waals surface area contributed by atoms with Crippen LogP contribution in [0.25, 0.3) is 0 Å². The first-order chi connectivity index (χ1) is 16.7. The Morgan fingerprint density at radius 3 is 2.29 bits per heavy atom. The molecule has 1 N–H and O–H groups in total. The number of carbonyl (C=O) groups excluding carboxylic acids is 1. The molecule has 2 aromatic carbocycles. The van der Waals surface area contributed by atoms with Crippen molar-refractivity contribution in [1.82, 2.24) is 10.3 Å². The van der Waals surface area contributed by atoms with Gasteiger partial charge in [-0.2, -0.15) is 0 Å². The first-order valence-corrected chi connectivity index (χ1v) is 12.8. The molecule has 1 aromatic heterocycles. The van der Waals surface area contributed by atoms with E-state index in [0.717, 1.165) is 35.8 Å². The van der Waals surface area contributed by atoms with Gasteiger partial charge < -0.3 is 10.1 Å². The van der Waals surface area contributed by atoms with Crippen molar-refractivity contribution in [2.45, 2.75) is 63.0 Å². The van der Waals surface area contributed by atoms with E-state index in [-0.39, 0.29) is 11.3 Å². The van der Waals surface area contributed by atoms with Crippen LogP contribution in [-0.4, -0.2) is 16.9 Å². The molecule has 0 saturated heterocycles. The van der Waals surface area contributed by atoms with Gasteiger partial charge in [-0.25, -0.2) is 0 Å². The van der Waals surface area contributed by atoms with Crippen LogP contribution in [0, 0.1) is 11.8 Å². The summed E-state index contributed by atoms with van der Waals surface area (Å²) in [5, 5.41) is 3.16. The van der Waals surface area contributed by atoms with Crippen molar-refractivity contribution in [2.24, 2.45) is 11.8 Å². The second-order valence-electron chi connectivity index (χ2n) is 10.4. The number of rotatable bonds is 7. The zero-order chi connectivity index (χ0) is 23.0. The Labute approximate surface area is 201 Å². The van der Waals surface area contributed by atoms with Gasteiger partial charge in [0.2, 0.25) is 0 Å². The number of nitrogens with zero attached hydrogens (tertiary/aromatic N) is 1. The van der Waals surface area contributed by atoms with Gasteiger partial charge in [0, 0.05) is 23.2 Å². The summed E-state index contributed by atoms with van der Waals surface area (Å²) in [4.78, 5) is 17.0. The van der Waals surface area contributed by atoms with Crippen LogP contribution in [0.15, 0.2) is 72.9 Å². The van der Waals surface area contributed by atoms with Crippen molar-refractivity contribution in [3.8, 4) is 5.75 Å². The fourth-order valence-corrected chi connectivity index (χ4v) is 6.43. The highest BCUT2D eigenvalue weighted by molar-refractivity contribution is 5.94. The summed E-state index contributed by atoms with van der Waals surface area (Å²) in [7, 11) is 0. The molecule has 3 aromatic rings. The largest absolute Gasteiger partial charge is 0.487 e. The van der Waals surface area contributed by atoms with Gasteiger partial charge in [0.15, 0.2) is 0 Å². The summed E-state index contributed by atoms with van der Waals surface area (Å²) < 4.78 is 5.99. The average Bonchev–Trinajstić information content (AvgIpc) is 3.48. The molecular formula is C30H32N2O2. The van der Waals surface area contributed by atoms with Crippen molar-refractivity contribution in [2.75, 3.05) is 0 Å². The van der Waals surface area contributed by atoms with Crippen molar-refractivity contribution in [3.05, 3.63) is 95.3 Å². The lowest BCUT2D eigenvalue weighted by atomic mass is 9.64. The molecule has 3 atom stereocenters. The number of pyridine rings is 1. The molecule has 174 valence electrons. The third-order valence-electron chi connectivity index (χ3n) is 8.43. The highest BCUT2D eigenvalue weighted by Gasteiger charge is 2.52. The molecule has 3 fully saturated rings. The predicted octanol–water partition coefficient (Wildman–Crippen LogP) is 6.05. The summed E-state index contributed by atoms with van der Waals surface area (Å²) in [6, 6.07) is 23.4. The van der Waals surface area contributed by atoms with Gasteiger partial charge in [-0.15, -0.1) is 0 Å². The lowest BCUT2D eigenvalue weighted by Gasteiger charge is -2.39. The number of aromatic nitrogens is 1. The summed E-state index contributed by atoms with van der Waals surface area (Å²) >= 11 is 0. The number of amides is 1. The van der Waals surface area contributed by atoms with E-state index in [4.69, 9.17) is 4.74 Å². The molecule has 2 bridgehead atoms. The van der Waals surface area contributed by atoms with Crippen molar-refractivity contribution < 1.29 is 9.53 Å². The molecular weight excluding hydrogens is 420 g/mol. The van der Waals surface area contributed by atoms with E-state index in [1.807, 2.05) is 30.3 Å². The van der Waals surface area contributed by atoms with Gasteiger partial charge >= 0.3 is 0 Å². The third-order valence-corrected chi connectivity index (χ3v) is 8.43. The van der Waals surface area contributed by atoms with E-state index in [1.54, 1.807) is 6.20 Å². The molecule has 3 aliphatic rings. The molecule has 4 nitrogen and oxygen atoms in total. The highest BCUT2D eigenvalue weighted by Crippen LogP contribution is 2.60. The Balaban J connectivity index is 1.24. The molecule has 0 radical (unpaired) electrons. The third kappa shape index (κ3) is 3.89. The standard InChI is InChI=1S/C30H32N2O2/c33-29(32-26-5-3-6-26)22-8-11-23(12-9-22)30(19-21-7-10-25(30)18-21)24-13-15-28(16-14-24)34-20-27-4-1-2-17-31-27/h1-2,4,8-9,11-17,21,25-26H,3,5-7,10,18-20H2,(H,32,33)/t21-,25+,30+/m1/s1. The Hall–Kier alpha value is -3.14. The van der Waals surface area contributed by atoms with Crippen molar-refractivity contribution in [1.29, 1.82) is 0 Å². The van der Waals surface area contributed by atoms with Crippen LogP contribution in [0.3, 0.4) is 0 Å². The summed E-state index contributed by atoms with van der Waals surface area (Å²) in [5.74, 6) is 2.39. The highest BCUT2D eigenvalue weighted by atomic mass is 16.5. The topological polar surface area (TPSA) is 51.2 Å². The maximum absolute atomic E-state index is 12.6. The number of hydrogen-bond acceptors (Lipinski definition) is 3. The number of hydrogen-bond donors (Lipinski definition) is 1. The second-order valence-corrected chi connectivity index (χ2v) is 10.4. The number of fused-ring (bicyclic) bond motifs is 2. The lowest BCUT2D eigenvalue weighted by molar-refractivity contribution is 0.0917. The van der Waals surface area contributed by atoms with Gasteiger partial charge in [0.05, 0.1) is 5.69 Å². The monoisotopic (exact) mass is 452 g/mol. The minimum absolute atomic E-state index is 0.0331. The van der Waals surface area contributed by atoms with Crippen LogP contribution >= 0.6 is 0 Å². The first-order valence-electron chi connectivity index (χ1n) is 12.8. The van der Waals surface area contributed by atoms with Crippen LogP contribution in [0.4, 0.5) is 0 Å². The first kappa shape index (κ1) is 21.4. The van der Waals surface area contributed by atoms with E-state index in [1.165, 1.54) is 43.2 Å². The van der Waals surface area contributed by atoms with E-state index in [9.17, 15) is 4.79 Å². The molecule has 3 saturated carbocycles. The number of benzene rings is 2. The molecule has 34 heavy (non-hydrogen) atoms. The Morgan fingerprint density at radius 1 is 0.941 bits per heavy atom. The zero-order valence-electron chi connectivity index (χ0n) is 19.6. The van der Waals surface area contributed by atoms with E-state index >= 15 is 0 Å². The minimum Gasteiger partial charge on any atom is -0.487 e. The Morgan fingerprint density at radius 2 is 1.71 bits per heavy atom. The quantitative estimate of drug-likeness (QED) is 0.475. The van der Waals surface area contributed by atoms with Crippen molar-refractivity contribution >= 4 is 5.91 Å². The predicted molar refractivity (Wildman–Crippen MR) is 133 cm³/mol. The van der Waals surface area contributed by atoms with Gasteiger partial charge in [-0.3, -0.25) is 9.78 Å². The molecule has 0 unspecified atom stereocenters. The van der Waals surface area contributed by atoms with E-state index in [0.29, 0.717) is 18.6 Å². The average molecular weight is 453 g/mol. The smallest absolute Gasteiger partial charge is 0.251 e. The fourth-order valence-electron chi connectivity index (χ4n) is 6.43. The van der Waals surface area contributed by atoms with Crippen molar-refractivity contribution in [3.63, 3.8) is 0 Å². The fraction of sp³-hybridized carbons (Fsp3) is 0.400. The number of carbonyl (C=O) groups is 1. The van der Waals surface area contributed by atoms with Gasteiger partial charge in [0.25, 0.3) is 5.91 Å². The van der Waals surface area contributed by atoms with E-state index in [2.05, 4.69) is 46.7 Å². The SMILES string of the molecule is O=C(NC1CCC1)c1ccc([C@]2(c3ccc(OCc4ccccn4)cc3)C[C@@H]3CC[C@H]2C3)cc1. The molecule has 0 spiro atoms. The molecule has 0 aliphatic heterocycles. The van der Waals surface area contributed by atoms with Gasteiger partial charge in [0.1, 0.15) is 12.4 Å². The molecule has 4 heteroatoms. The van der Waals surface area contributed by atoms with Crippen LogP contribution in [0.2, 0.25) is 0 Å². The minimum atomic E-state index is 0.0331. The maximum atomic E-state index is 12.6. The molecule has 6 rings (SSSR count). The molecule has 1 amide bonds. The van der Waals surface area contributed by atoms with Gasteiger partial charge in [-0.05, 0) is 97.9 Å². The summed E-state index contributed by atoms with van der Waals surface area (Å²) in [6.07, 6.45) is 10.4. The number of ether oxygens (including phenoxy) is 1. The Kier molecular flexibility index (Phi) is 5.60. The summed E-state index contributed by atoms with van der Waals surface area (Å²) in [6.45, 7) is 0.473. The van der Waals surface area contributed by atoms with Crippen LogP contribution < -0.4 is 10.1 Å². The van der Waals surface area contributed by atoms with Crippen LogP contribution in [0.1, 0.15) is 72.1 Å². The van der Waals surface area contributed by atoms with Gasteiger partial charge in [-0.1, -0.05) is 36.8 Å². The maximum Gasteiger partial charge on any atom is 0.251 e. The second kappa shape index (κ2) is 8.90.